The van der Waals surface area contributed by atoms with Crippen LogP contribution in [-0.4, -0.2) is 0 Å². The first-order valence-corrected chi connectivity index (χ1v) is 2.75. The molecule has 0 saturated heterocycles. The first-order chi connectivity index (χ1) is 2.00. The summed E-state index contributed by atoms with van der Waals surface area (Å²) in [6.45, 7) is 0. The molecule has 0 aromatic carbocycles. The Kier molecular flexibility index (Phi) is 12.0. The molecule has 1 radical (unpaired) electrons. The summed E-state index contributed by atoms with van der Waals surface area (Å²) in [4.78, 5) is 0. The molecule has 0 bridgehead atoms. The Bertz CT molecular complexity index is 92.9. The molecule has 0 N–H and O–H groups in total. The van der Waals surface area contributed by atoms with Gasteiger partial charge in [0.05, 0.1) is 0 Å². The third kappa shape index (κ3) is 134. The van der Waals surface area contributed by atoms with Gasteiger partial charge in [-0.15, -0.1) is 0 Å². The Hall–Kier alpha value is 1.21. The van der Waals surface area contributed by atoms with E-state index in [2.05, 4.69) is 0 Å². The molecule has 0 heterocycles. The van der Waals surface area contributed by atoms with Crippen LogP contribution < -0.4 is 8.32 Å². The maximum atomic E-state index is 8.59. The van der Waals surface area contributed by atoms with Crippen molar-refractivity contribution >= 4 is 0 Å². The van der Waals surface area contributed by atoms with Crippen LogP contribution in [0, 0.1) is 0 Å². The third-order valence-electron chi connectivity index (χ3n) is 0. The molecule has 0 aliphatic rings. The Morgan fingerprint density at radius 2 is 1.14 bits per heavy atom. The van der Waals surface area contributed by atoms with Crippen LogP contribution in [0.5, 0.6) is 0 Å². The Morgan fingerprint density at radius 1 is 1.14 bits per heavy atom. The molecule has 35 valence electrons. The van der Waals surface area contributed by atoms with Crippen molar-refractivity contribution in [3.8, 4) is 0 Å². The molecule has 0 rings (SSSR count). The molecule has 0 saturated carbocycles. The van der Waals surface area contributed by atoms with Crippen molar-refractivity contribution in [2.24, 2.45) is 0 Å². The standard InChI is InChI=1S/2Cr.4O.Zn/q;+3;;;2*-1;+2. The largest absolute Gasteiger partial charge is 2.00 e. The predicted octanol–water partition coefficient (Wildman–Crippen LogP) is -2.62. The van der Waals surface area contributed by atoms with Crippen molar-refractivity contribution in [2.45, 2.75) is 0 Å². The van der Waals surface area contributed by atoms with Crippen LogP contribution in [0.3, 0.4) is 0 Å². The topological polar surface area (TPSA) is 80.3 Å². The van der Waals surface area contributed by atoms with Gasteiger partial charge in [-0.25, -0.2) is 0 Å². The Labute approximate surface area is 66.2 Å². The average molecular weight is 233 g/mol. The molecule has 4 nitrogen and oxygen atoms in total. The van der Waals surface area contributed by atoms with Gasteiger partial charge in [0.2, 0.25) is 0 Å². The zero-order valence-corrected chi connectivity index (χ0v) is 8.67. The fourth-order valence-corrected chi connectivity index (χ4v) is 0. The monoisotopic (exact) mass is 232 g/mol. The van der Waals surface area contributed by atoms with Gasteiger partial charge in [0.15, 0.2) is 0 Å². The Balaban J connectivity index is -0.0000000800. The molecule has 0 fully saturated rings. The summed E-state index contributed by atoms with van der Waals surface area (Å²) < 4.78 is 34.4. The van der Waals surface area contributed by atoms with Crippen molar-refractivity contribution in [2.75, 3.05) is 0 Å². The number of hydrogen-bond acceptors (Lipinski definition) is 4. The molecule has 0 aromatic heterocycles. The van der Waals surface area contributed by atoms with Crippen LogP contribution in [0.2, 0.25) is 0 Å². The van der Waals surface area contributed by atoms with E-state index in [1.54, 1.807) is 0 Å². The fraction of sp³-hybridized carbons (Fsp3) is 0. The first kappa shape index (κ1) is 15.7. The van der Waals surface area contributed by atoms with Crippen molar-refractivity contribution in [3.63, 3.8) is 0 Å². The summed E-state index contributed by atoms with van der Waals surface area (Å²) in [6.07, 6.45) is 0. The van der Waals surface area contributed by atoms with Crippen LogP contribution in [0.15, 0.2) is 0 Å². The number of hydrogen-bond donors (Lipinski definition) is 0. The summed E-state index contributed by atoms with van der Waals surface area (Å²) >= 11 is -5.75. The van der Waals surface area contributed by atoms with Crippen molar-refractivity contribution < 1.29 is 66.4 Å². The van der Waals surface area contributed by atoms with Gasteiger partial charge in [0, 0.05) is 0 Å². The molecule has 0 aromatic rings. The van der Waals surface area contributed by atoms with Crippen LogP contribution in [0.4, 0.5) is 0 Å². The molecule has 0 unspecified atom stereocenters. The van der Waals surface area contributed by atoms with Crippen molar-refractivity contribution in [1.29, 1.82) is 0 Å². The van der Waals surface area contributed by atoms with Gasteiger partial charge in [0.1, 0.15) is 0 Å². The van der Waals surface area contributed by atoms with Crippen LogP contribution in [0.25, 0.3) is 0 Å². The van der Waals surface area contributed by atoms with Crippen LogP contribution >= 0.6 is 0 Å². The van der Waals surface area contributed by atoms with E-state index >= 15 is 0 Å². The predicted molar refractivity (Wildman–Crippen MR) is 1.37 cm³/mol. The molecule has 7 heavy (non-hydrogen) atoms. The quantitative estimate of drug-likeness (QED) is 0.429. The smallest absolute Gasteiger partial charge is 2.00 e. The van der Waals surface area contributed by atoms with E-state index in [0.717, 1.165) is 0 Å². The summed E-state index contributed by atoms with van der Waals surface area (Å²) in [7, 11) is 0. The zero-order valence-electron chi connectivity index (χ0n) is 3.16. The van der Waals surface area contributed by atoms with Gasteiger partial charge in [-0.1, -0.05) is 0 Å². The third-order valence-corrected chi connectivity index (χ3v) is 0. The van der Waals surface area contributed by atoms with Gasteiger partial charge < -0.3 is 0 Å². The molecule has 0 atom stereocenters. The van der Waals surface area contributed by atoms with E-state index in [1.807, 2.05) is 0 Å². The summed E-state index contributed by atoms with van der Waals surface area (Å²) in [5.41, 5.74) is 0. The van der Waals surface area contributed by atoms with E-state index in [1.165, 1.54) is 0 Å². The molecular formula is Cr2O4Zn+3. The molecule has 0 spiro atoms. The average Bonchev–Trinajstić information content (AvgIpc) is 0.722. The van der Waals surface area contributed by atoms with Gasteiger partial charge in [0.25, 0.3) is 0 Å². The maximum Gasteiger partial charge on any atom is 2.00 e. The van der Waals surface area contributed by atoms with Crippen molar-refractivity contribution in [3.05, 3.63) is 0 Å². The van der Waals surface area contributed by atoms with E-state index in [0.29, 0.717) is 0 Å². The van der Waals surface area contributed by atoms with E-state index in [9.17, 15) is 0 Å². The molecule has 0 aliphatic carbocycles. The Morgan fingerprint density at radius 3 is 1.14 bits per heavy atom. The fourth-order valence-electron chi connectivity index (χ4n) is 0. The second kappa shape index (κ2) is 5.35. The first-order valence-electron chi connectivity index (χ1n) is 0.667. The van der Waals surface area contributed by atoms with Gasteiger partial charge in [-0.3, -0.25) is 0 Å². The minimum Gasteiger partial charge on any atom is 2.00 e. The van der Waals surface area contributed by atoms with E-state index in [-0.39, 0.29) is 36.8 Å². The summed E-state index contributed by atoms with van der Waals surface area (Å²) in [5.74, 6) is 0. The van der Waals surface area contributed by atoms with Crippen LogP contribution in [0.1, 0.15) is 0 Å². The SMILES string of the molecule is [Cr+3].[O]=[Cr](=[O])([O-])[O-].[Zn+2]. The van der Waals surface area contributed by atoms with Crippen LogP contribution in [-0.2, 0) is 58.1 Å². The second-order valence-electron chi connectivity index (χ2n) is 0.408. The zero-order chi connectivity index (χ0) is 4.50. The minimum atomic E-state index is -5.75. The summed E-state index contributed by atoms with van der Waals surface area (Å²) in [6, 6.07) is 0. The van der Waals surface area contributed by atoms with Gasteiger partial charge in [-0.2, -0.15) is 0 Å². The van der Waals surface area contributed by atoms with Gasteiger partial charge in [-0.05, 0) is 0 Å². The molecule has 7 heteroatoms. The number of rotatable bonds is 0. The molecular weight excluding hydrogens is 233 g/mol. The minimum absolute atomic E-state index is 0. The van der Waals surface area contributed by atoms with E-state index in [4.69, 9.17) is 15.9 Å². The summed E-state index contributed by atoms with van der Waals surface area (Å²) in [5, 5.41) is 0. The maximum absolute atomic E-state index is 8.59. The van der Waals surface area contributed by atoms with Crippen molar-refractivity contribution in [1.82, 2.24) is 0 Å². The second-order valence-corrected chi connectivity index (χ2v) is 1.68. The molecule has 0 aliphatic heterocycles. The van der Waals surface area contributed by atoms with Gasteiger partial charge >= 0.3 is 66.4 Å². The normalized spacial score (nSPS) is 8.29. The molecule has 0 amide bonds. The van der Waals surface area contributed by atoms with E-state index < -0.39 is 13.6 Å².